The van der Waals surface area contributed by atoms with Crippen LogP contribution in [0.4, 0.5) is 11.4 Å². The summed E-state index contributed by atoms with van der Waals surface area (Å²) in [7, 11) is 0. The average Bonchev–Trinajstić information content (AvgIpc) is 2.61. The monoisotopic (exact) mass is 376 g/mol. The van der Waals surface area contributed by atoms with Gasteiger partial charge in [-0.05, 0) is 36.2 Å². The average molecular weight is 377 g/mol. The first kappa shape index (κ1) is 19.4. The molecule has 0 saturated heterocycles. The van der Waals surface area contributed by atoms with Gasteiger partial charge in [-0.2, -0.15) is 0 Å². The van der Waals surface area contributed by atoms with Gasteiger partial charge in [0.15, 0.2) is 0 Å². The molecule has 1 amide bonds. The minimum absolute atomic E-state index is 0.0458. The molecule has 0 aliphatic heterocycles. The molecule has 0 heterocycles. The third-order valence-electron chi connectivity index (χ3n) is 3.56. The van der Waals surface area contributed by atoms with Gasteiger partial charge in [-0.25, -0.2) is 0 Å². The largest absolute Gasteiger partial charge is 0.461 e. The van der Waals surface area contributed by atoms with Gasteiger partial charge >= 0.3 is 5.97 Å². The van der Waals surface area contributed by atoms with Crippen molar-refractivity contribution < 1.29 is 19.2 Å². The van der Waals surface area contributed by atoms with E-state index in [4.69, 9.17) is 16.3 Å². The first-order chi connectivity index (χ1) is 12.3. The Hall–Kier alpha value is -2.93. The summed E-state index contributed by atoms with van der Waals surface area (Å²) in [6.45, 7) is 1.77. The van der Waals surface area contributed by atoms with Crippen LogP contribution in [0.3, 0.4) is 0 Å². The van der Waals surface area contributed by atoms with Crippen LogP contribution in [0, 0.1) is 17.0 Å². The van der Waals surface area contributed by atoms with Gasteiger partial charge < -0.3 is 10.1 Å². The standard InChI is InChI=1S/C18H17ClN2O5/c1-12-10-15(21(24)25)6-7-16(12)20-17(22)8-9-18(23)26-11-13-2-4-14(19)5-3-13/h2-7,10H,8-9,11H2,1H3,(H,20,22). The lowest BCUT2D eigenvalue weighted by Gasteiger charge is -2.08. The third kappa shape index (κ3) is 5.86. The highest BCUT2D eigenvalue weighted by Crippen LogP contribution is 2.21. The molecule has 8 heteroatoms. The molecule has 0 aliphatic rings. The van der Waals surface area contributed by atoms with Gasteiger partial charge in [0.2, 0.25) is 5.91 Å². The number of nitro groups is 1. The number of anilines is 1. The molecule has 2 aromatic rings. The van der Waals surface area contributed by atoms with Crippen molar-refractivity contribution >= 4 is 34.9 Å². The first-order valence-corrected chi connectivity index (χ1v) is 8.18. The summed E-state index contributed by atoms with van der Waals surface area (Å²) < 4.78 is 5.10. The minimum Gasteiger partial charge on any atom is -0.461 e. The fourth-order valence-corrected chi connectivity index (χ4v) is 2.27. The van der Waals surface area contributed by atoms with Crippen molar-refractivity contribution in [2.45, 2.75) is 26.4 Å². The second-order valence-electron chi connectivity index (χ2n) is 5.59. The molecule has 0 unspecified atom stereocenters. The second kappa shape index (κ2) is 8.96. The maximum atomic E-state index is 11.9. The number of aryl methyl sites for hydroxylation is 1. The fraction of sp³-hybridized carbons (Fsp3) is 0.222. The van der Waals surface area contributed by atoms with Crippen LogP contribution in [0.5, 0.6) is 0 Å². The highest BCUT2D eigenvalue weighted by molar-refractivity contribution is 6.30. The molecule has 0 spiro atoms. The maximum absolute atomic E-state index is 11.9. The van der Waals surface area contributed by atoms with Crippen molar-refractivity contribution in [1.82, 2.24) is 0 Å². The molecule has 2 aromatic carbocycles. The summed E-state index contributed by atoms with van der Waals surface area (Å²) in [6.07, 6.45) is -0.110. The number of carbonyl (C=O) groups excluding carboxylic acids is 2. The van der Waals surface area contributed by atoms with Gasteiger partial charge in [0.1, 0.15) is 6.61 Å². The molecule has 0 radical (unpaired) electrons. The quantitative estimate of drug-likeness (QED) is 0.447. The van der Waals surface area contributed by atoms with Crippen molar-refractivity contribution in [1.29, 1.82) is 0 Å². The van der Waals surface area contributed by atoms with Crippen LogP contribution in [0.25, 0.3) is 0 Å². The Kier molecular flexibility index (Phi) is 6.68. The second-order valence-corrected chi connectivity index (χ2v) is 6.03. The molecular formula is C18H17ClN2O5. The van der Waals surface area contributed by atoms with Crippen molar-refractivity contribution in [3.05, 3.63) is 68.7 Å². The lowest BCUT2D eigenvalue weighted by molar-refractivity contribution is -0.384. The number of esters is 1. The summed E-state index contributed by atoms with van der Waals surface area (Å²) in [5, 5.41) is 13.9. The summed E-state index contributed by atoms with van der Waals surface area (Å²) in [5.74, 6) is -0.860. The molecule has 0 aromatic heterocycles. The van der Waals surface area contributed by atoms with Gasteiger partial charge in [0, 0.05) is 29.3 Å². The number of hydrogen-bond acceptors (Lipinski definition) is 5. The number of rotatable bonds is 7. The number of nitro benzene ring substituents is 1. The van der Waals surface area contributed by atoms with E-state index in [1.165, 1.54) is 18.2 Å². The highest BCUT2D eigenvalue weighted by Gasteiger charge is 2.12. The molecule has 0 fully saturated rings. The van der Waals surface area contributed by atoms with E-state index in [1.807, 2.05) is 0 Å². The summed E-state index contributed by atoms with van der Waals surface area (Å²) >= 11 is 5.78. The smallest absolute Gasteiger partial charge is 0.306 e. The van der Waals surface area contributed by atoms with Gasteiger partial charge in [-0.3, -0.25) is 19.7 Å². The zero-order valence-electron chi connectivity index (χ0n) is 14.0. The van der Waals surface area contributed by atoms with E-state index in [9.17, 15) is 19.7 Å². The Balaban J connectivity index is 1.78. The Labute approximate surface area is 155 Å². The van der Waals surface area contributed by atoms with Crippen LogP contribution in [-0.4, -0.2) is 16.8 Å². The van der Waals surface area contributed by atoms with Crippen molar-refractivity contribution in [3.63, 3.8) is 0 Å². The number of nitrogens with one attached hydrogen (secondary N) is 1. The van der Waals surface area contributed by atoms with Crippen LogP contribution in [0.2, 0.25) is 5.02 Å². The highest BCUT2D eigenvalue weighted by atomic mass is 35.5. The maximum Gasteiger partial charge on any atom is 0.306 e. The van der Waals surface area contributed by atoms with E-state index in [0.29, 0.717) is 16.3 Å². The van der Waals surface area contributed by atoms with Crippen molar-refractivity contribution in [2.75, 3.05) is 5.32 Å². The third-order valence-corrected chi connectivity index (χ3v) is 3.82. The predicted octanol–water partition coefficient (Wildman–Crippen LogP) is 4.02. The fourth-order valence-electron chi connectivity index (χ4n) is 2.15. The molecule has 136 valence electrons. The van der Waals surface area contributed by atoms with E-state index in [1.54, 1.807) is 31.2 Å². The van der Waals surface area contributed by atoms with E-state index in [0.717, 1.165) is 5.56 Å². The zero-order chi connectivity index (χ0) is 19.1. The molecule has 0 aliphatic carbocycles. The van der Waals surface area contributed by atoms with Gasteiger partial charge in [0.25, 0.3) is 5.69 Å². The van der Waals surface area contributed by atoms with E-state index in [-0.39, 0.29) is 31.0 Å². The van der Waals surface area contributed by atoms with E-state index < -0.39 is 10.9 Å². The molecule has 0 atom stereocenters. The zero-order valence-corrected chi connectivity index (χ0v) is 14.8. The minimum atomic E-state index is -0.505. The molecule has 2 rings (SSSR count). The number of amides is 1. The van der Waals surface area contributed by atoms with Crippen molar-refractivity contribution in [2.24, 2.45) is 0 Å². The number of halogens is 1. The summed E-state index contributed by atoms with van der Waals surface area (Å²) in [4.78, 5) is 33.9. The molecular weight excluding hydrogens is 360 g/mol. The van der Waals surface area contributed by atoms with E-state index >= 15 is 0 Å². The number of non-ortho nitro benzene ring substituents is 1. The lowest BCUT2D eigenvalue weighted by atomic mass is 10.1. The lowest BCUT2D eigenvalue weighted by Crippen LogP contribution is -2.15. The van der Waals surface area contributed by atoms with Gasteiger partial charge in [-0.1, -0.05) is 23.7 Å². The normalized spacial score (nSPS) is 10.2. The Morgan fingerprint density at radius 1 is 1.15 bits per heavy atom. The summed E-state index contributed by atoms with van der Waals surface area (Å²) in [5.41, 5.74) is 1.79. The van der Waals surface area contributed by atoms with Crippen molar-refractivity contribution in [3.8, 4) is 0 Å². The molecule has 7 nitrogen and oxygen atoms in total. The topological polar surface area (TPSA) is 98.5 Å². The van der Waals surface area contributed by atoms with Crippen LogP contribution < -0.4 is 5.32 Å². The molecule has 0 saturated carbocycles. The summed E-state index contributed by atoms with van der Waals surface area (Å²) in [6, 6.07) is 11.0. The molecule has 0 bridgehead atoms. The van der Waals surface area contributed by atoms with Gasteiger partial charge in [0.05, 0.1) is 11.3 Å². The van der Waals surface area contributed by atoms with Crippen LogP contribution in [-0.2, 0) is 20.9 Å². The number of carbonyl (C=O) groups is 2. The van der Waals surface area contributed by atoms with Crippen LogP contribution in [0.1, 0.15) is 24.0 Å². The first-order valence-electron chi connectivity index (χ1n) is 7.80. The Morgan fingerprint density at radius 3 is 2.46 bits per heavy atom. The molecule has 1 N–H and O–H groups in total. The number of hydrogen-bond donors (Lipinski definition) is 1. The van der Waals surface area contributed by atoms with Crippen LogP contribution >= 0.6 is 11.6 Å². The number of ether oxygens (including phenoxy) is 1. The SMILES string of the molecule is Cc1cc([N+](=O)[O-])ccc1NC(=O)CCC(=O)OCc1ccc(Cl)cc1. The number of benzene rings is 2. The Morgan fingerprint density at radius 2 is 1.85 bits per heavy atom. The Bertz CT molecular complexity index is 821. The number of nitrogens with zero attached hydrogens (tertiary/aromatic N) is 1. The van der Waals surface area contributed by atoms with E-state index in [2.05, 4.69) is 5.32 Å². The van der Waals surface area contributed by atoms with Crippen LogP contribution in [0.15, 0.2) is 42.5 Å². The predicted molar refractivity (Wildman–Crippen MR) is 96.9 cm³/mol. The molecule has 26 heavy (non-hydrogen) atoms. The van der Waals surface area contributed by atoms with Gasteiger partial charge in [-0.15, -0.1) is 0 Å².